The van der Waals surface area contributed by atoms with E-state index in [1.165, 1.54) is 4.88 Å². The molecule has 0 unspecified atom stereocenters. The van der Waals surface area contributed by atoms with Gasteiger partial charge in [0, 0.05) is 61.9 Å². The van der Waals surface area contributed by atoms with E-state index in [0.29, 0.717) is 17.8 Å². The lowest BCUT2D eigenvalue weighted by Gasteiger charge is -2.34. The Morgan fingerprint density at radius 1 is 1.05 bits per heavy atom. The fraction of sp³-hybridized carbons (Fsp3) is 0.467. The summed E-state index contributed by atoms with van der Waals surface area (Å²) < 4.78 is 2.07. The monoisotopic (exact) mass is 557 g/mol. The summed E-state index contributed by atoms with van der Waals surface area (Å²) in [5.74, 6) is 1.77. The van der Waals surface area contributed by atoms with Crippen LogP contribution in [-0.4, -0.2) is 74.7 Å². The van der Waals surface area contributed by atoms with Crippen LogP contribution in [0.25, 0.3) is 5.00 Å². The molecule has 208 valence electrons. The molecular weight excluding hydrogens is 522 g/mol. The summed E-state index contributed by atoms with van der Waals surface area (Å²) in [5, 5.41) is 19.2. The number of benzene rings is 1. The summed E-state index contributed by atoms with van der Waals surface area (Å²) in [4.78, 5) is 35.5. The maximum absolute atomic E-state index is 13.3. The van der Waals surface area contributed by atoms with E-state index in [2.05, 4.69) is 39.6 Å². The first-order valence-corrected chi connectivity index (χ1v) is 14.7. The molecule has 1 amide bonds. The largest absolute Gasteiger partial charge is 0.340 e. The molecule has 1 saturated heterocycles. The predicted octanol–water partition coefficient (Wildman–Crippen LogP) is 4.31. The normalized spacial score (nSPS) is 17.0. The van der Waals surface area contributed by atoms with Gasteiger partial charge < -0.3 is 4.90 Å². The Labute approximate surface area is 239 Å². The minimum atomic E-state index is -0.446. The number of ketones is 1. The van der Waals surface area contributed by atoms with E-state index in [1.807, 2.05) is 36.1 Å². The number of hydrogen-bond acceptors (Lipinski definition) is 8. The number of carbonyl (C=O) groups excluding carboxylic acids is 2. The molecule has 1 aromatic carbocycles. The maximum atomic E-state index is 13.3. The molecule has 0 aliphatic carbocycles. The highest BCUT2D eigenvalue weighted by atomic mass is 32.1. The van der Waals surface area contributed by atoms with Crippen molar-refractivity contribution < 1.29 is 9.59 Å². The van der Waals surface area contributed by atoms with Crippen molar-refractivity contribution in [2.45, 2.75) is 59.4 Å². The number of aromatic nitrogens is 3. The second-order valence-electron chi connectivity index (χ2n) is 10.6. The Morgan fingerprint density at radius 3 is 2.45 bits per heavy atom. The highest BCUT2D eigenvalue weighted by Crippen LogP contribution is 2.39. The lowest BCUT2D eigenvalue weighted by Crippen LogP contribution is -2.48. The third-order valence-corrected chi connectivity index (χ3v) is 9.14. The van der Waals surface area contributed by atoms with Gasteiger partial charge in [0.2, 0.25) is 5.91 Å². The SMILES string of the molecule is CC(=O)N1CCN(CCCCC(=O)C[C@@H]2N=C(c3ccc(C#N)cc3)c3c(sc(C)c3C)-n3c(C)nnc32)CC1. The second kappa shape index (κ2) is 11.8. The van der Waals surface area contributed by atoms with Crippen LogP contribution < -0.4 is 0 Å². The van der Waals surface area contributed by atoms with E-state index < -0.39 is 6.04 Å². The molecule has 0 radical (unpaired) electrons. The van der Waals surface area contributed by atoms with Gasteiger partial charge in [-0.1, -0.05) is 12.1 Å². The molecule has 1 fully saturated rings. The van der Waals surface area contributed by atoms with Crippen LogP contribution in [-0.2, 0) is 9.59 Å². The number of nitrogens with zero attached hydrogens (tertiary/aromatic N) is 7. The second-order valence-corrected chi connectivity index (χ2v) is 11.8. The van der Waals surface area contributed by atoms with Crippen LogP contribution in [0, 0.1) is 32.1 Å². The van der Waals surface area contributed by atoms with Crippen LogP contribution in [0.2, 0.25) is 0 Å². The summed E-state index contributed by atoms with van der Waals surface area (Å²) in [5.41, 5.74) is 4.53. The molecule has 3 aromatic rings. The topological polar surface area (TPSA) is 107 Å². The molecule has 2 aliphatic heterocycles. The van der Waals surface area contributed by atoms with Crippen LogP contribution >= 0.6 is 11.3 Å². The fourth-order valence-corrected chi connectivity index (χ4v) is 6.70. The number of rotatable bonds is 8. The summed E-state index contributed by atoms with van der Waals surface area (Å²) in [7, 11) is 0. The first kappa shape index (κ1) is 27.9. The van der Waals surface area contributed by atoms with Gasteiger partial charge in [0.1, 0.15) is 22.7 Å². The van der Waals surface area contributed by atoms with Crippen LogP contribution in [0.15, 0.2) is 29.3 Å². The zero-order valence-corrected chi connectivity index (χ0v) is 24.4. The van der Waals surface area contributed by atoms with Crippen molar-refractivity contribution in [3.05, 3.63) is 63.0 Å². The standard InChI is InChI=1S/C30H35N7O2S/c1-19-20(2)40-30-27(19)28(24-10-8-23(18-31)9-11-24)32-26(29-34-33-21(3)37(29)30)17-25(39)7-5-6-12-35-13-15-36(16-14-35)22(4)38/h8-11,26H,5-7,12-17H2,1-4H3/t26-/m0/s1. The van der Waals surface area contributed by atoms with Gasteiger partial charge in [0.15, 0.2) is 5.82 Å². The number of thiophene rings is 1. The summed E-state index contributed by atoms with van der Waals surface area (Å²) in [6, 6.07) is 9.22. The third kappa shape index (κ3) is 5.62. The van der Waals surface area contributed by atoms with Crippen molar-refractivity contribution in [3.63, 3.8) is 0 Å². The van der Waals surface area contributed by atoms with E-state index in [0.717, 1.165) is 78.8 Å². The fourth-order valence-electron chi connectivity index (χ4n) is 5.49. The van der Waals surface area contributed by atoms with Gasteiger partial charge in [0.05, 0.1) is 17.3 Å². The van der Waals surface area contributed by atoms with E-state index in [1.54, 1.807) is 18.3 Å². The highest BCUT2D eigenvalue weighted by molar-refractivity contribution is 7.15. The highest BCUT2D eigenvalue weighted by Gasteiger charge is 2.32. The number of nitriles is 1. The zero-order valence-electron chi connectivity index (χ0n) is 23.6. The van der Waals surface area contributed by atoms with E-state index in [-0.39, 0.29) is 18.1 Å². The first-order valence-electron chi connectivity index (χ1n) is 13.9. The number of carbonyl (C=O) groups is 2. The summed E-state index contributed by atoms with van der Waals surface area (Å²) in [6.07, 6.45) is 2.53. The van der Waals surface area contributed by atoms with Gasteiger partial charge in [-0.15, -0.1) is 21.5 Å². The zero-order chi connectivity index (χ0) is 28.4. The van der Waals surface area contributed by atoms with Crippen LogP contribution in [0.3, 0.4) is 0 Å². The Hall–Kier alpha value is -3.68. The Bertz CT molecular complexity index is 1490. The minimum Gasteiger partial charge on any atom is -0.340 e. The molecule has 9 nitrogen and oxygen atoms in total. The van der Waals surface area contributed by atoms with Crippen molar-refractivity contribution in [1.82, 2.24) is 24.6 Å². The number of amides is 1. The predicted molar refractivity (Wildman–Crippen MR) is 155 cm³/mol. The van der Waals surface area contributed by atoms with Gasteiger partial charge in [-0.3, -0.25) is 24.0 Å². The Balaban J connectivity index is 1.33. The van der Waals surface area contributed by atoms with Crippen molar-refractivity contribution >= 4 is 28.7 Å². The van der Waals surface area contributed by atoms with E-state index >= 15 is 0 Å². The van der Waals surface area contributed by atoms with Crippen molar-refractivity contribution in [1.29, 1.82) is 5.26 Å². The molecule has 0 N–H and O–H groups in total. The van der Waals surface area contributed by atoms with Gasteiger partial charge in [-0.2, -0.15) is 5.26 Å². The smallest absolute Gasteiger partial charge is 0.219 e. The number of fused-ring (bicyclic) bond motifs is 3. The minimum absolute atomic E-state index is 0.139. The van der Waals surface area contributed by atoms with Gasteiger partial charge in [-0.05, 0) is 57.9 Å². The average Bonchev–Trinajstić information content (AvgIpc) is 3.43. The number of unbranched alkanes of at least 4 members (excludes halogenated alkanes) is 1. The first-order chi connectivity index (χ1) is 19.3. The van der Waals surface area contributed by atoms with Crippen LogP contribution in [0.5, 0.6) is 0 Å². The van der Waals surface area contributed by atoms with Crippen LogP contribution in [0.1, 0.15) is 77.4 Å². The lowest BCUT2D eigenvalue weighted by molar-refractivity contribution is -0.130. The number of Topliss-reactive ketones (excluding diaryl/α,β-unsaturated/α-hetero) is 1. The summed E-state index contributed by atoms with van der Waals surface area (Å²) >= 11 is 1.69. The molecule has 1 atom stereocenters. The molecule has 0 spiro atoms. The Kier molecular flexibility index (Phi) is 8.24. The Morgan fingerprint density at radius 2 is 1.77 bits per heavy atom. The quantitative estimate of drug-likeness (QED) is 0.382. The van der Waals surface area contributed by atoms with Crippen molar-refractivity contribution in [2.24, 2.45) is 4.99 Å². The lowest BCUT2D eigenvalue weighted by atomic mass is 9.98. The molecule has 5 rings (SSSR count). The average molecular weight is 558 g/mol. The molecule has 0 saturated carbocycles. The number of aliphatic imine (C=N–C) groups is 1. The third-order valence-electron chi connectivity index (χ3n) is 7.95. The molecule has 2 aliphatic rings. The van der Waals surface area contributed by atoms with Crippen LogP contribution in [0.4, 0.5) is 0 Å². The number of piperazine rings is 1. The maximum Gasteiger partial charge on any atom is 0.219 e. The van der Waals surface area contributed by atoms with E-state index in [9.17, 15) is 14.9 Å². The van der Waals surface area contributed by atoms with E-state index in [4.69, 9.17) is 4.99 Å². The number of aryl methyl sites for hydroxylation is 2. The summed E-state index contributed by atoms with van der Waals surface area (Å²) in [6.45, 7) is 12.0. The molecule has 40 heavy (non-hydrogen) atoms. The number of hydrogen-bond donors (Lipinski definition) is 0. The molecule has 2 aromatic heterocycles. The molecular formula is C30H35N7O2S. The van der Waals surface area contributed by atoms with Gasteiger partial charge in [-0.25, -0.2) is 0 Å². The van der Waals surface area contributed by atoms with Crippen molar-refractivity contribution in [2.75, 3.05) is 32.7 Å². The van der Waals surface area contributed by atoms with Crippen molar-refractivity contribution in [3.8, 4) is 11.1 Å². The molecule has 4 heterocycles. The molecule has 0 bridgehead atoms. The van der Waals surface area contributed by atoms with Gasteiger partial charge in [0.25, 0.3) is 0 Å². The molecule has 10 heteroatoms. The van der Waals surface area contributed by atoms with Gasteiger partial charge >= 0.3 is 0 Å².